The molecule has 0 bridgehead atoms. The van der Waals surface area contributed by atoms with E-state index in [1.807, 2.05) is 18.2 Å². The maximum absolute atomic E-state index is 5.20. The summed E-state index contributed by atoms with van der Waals surface area (Å²) >= 11 is 0. The van der Waals surface area contributed by atoms with Crippen molar-refractivity contribution in [3.8, 4) is 0 Å². The Labute approximate surface area is 62.9 Å². The summed E-state index contributed by atoms with van der Waals surface area (Å²) in [5.41, 5.74) is 0. The monoisotopic (exact) mass is 154 g/mol. The molecule has 1 nitrogen and oxygen atoms in total. The second kappa shape index (κ2) is 3.70. The van der Waals surface area contributed by atoms with Crippen LogP contribution in [0.5, 0.6) is 0 Å². The van der Waals surface area contributed by atoms with Gasteiger partial charge in [0.05, 0.1) is 8.15 Å². The third kappa shape index (κ3) is 1.80. The molecule has 1 aromatic rings. The van der Waals surface area contributed by atoms with E-state index in [0.29, 0.717) is 0 Å². The van der Waals surface area contributed by atoms with Crippen molar-refractivity contribution in [3.05, 3.63) is 30.3 Å². The number of hydrogen-bond donors (Lipinski definition) is 0. The van der Waals surface area contributed by atoms with E-state index in [1.165, 1.54) is 5.30 Å². The van der Waals surface area contributed by atoms with E-state index in [9.17, 15) is 0 Å². The molecule has 0 N–H and O–H groups in total. The fourth-order valence-corrected chi connectivity index (χ4v) is 1.55. The van der Waals surface area contributed by atoms with Gasteiger partial charge in [-0.05, 0) is 6.66 Å². The third-order valence-corrected chi connectivity index (χ3v) is 2.97. The fourth-order valence-electron chi connectivity index (χ4n) is 0.743. The van der Waals surface area contributed by atoms with E-state index in [1.54, 1.807) is 7.11 Å². The molecule has 0 radical (unpaired) electrons. The van der Waals surface area contributed by atoms with Gasteiger partial charge < -0.3 is 4.52 Å². The summed E-state index contributed by atoms with van der Waals surface area (Å²) in [5.74, 6) is 0. The lowest BCUT2D eigenvalue weighted by molar-refractivity contribution is 0.471. The minimum absolute atomic E-state index is 0.373. The number of hydrogen-bond acceptors (Lipinski definition) is 1. The van der Waals surface area contributed by atoms with Crippen LogP contribution in [0.4, 0.5) is 0 Å². The first-order chi connectivity index (χ1) is 4.84. The number of rotatable bonds is 2. The molecule has 1 aromatic carbocycles. The molecule has 0 saturated heterocycles. The maximum Gasteiger partial charge on any atom is 0.0567 e. The molecule has 0 amide bonds. The van der Waals surface area contributed by atoms with Crippen LogP contribution in [-0.4, -0.2) is 13.8 Å². The van der Waals surface area contributed by atoms with Crippen LogP contribution in [0.3, 0.4) is 0 Å². The number of benzene rings is 1. The van der Waals surface area contributed by atoms with Crippen molar-refractivity contribution < 1.29 is 4.52 Å². The fraction of sp³-hybridized carbons (Fsp3) is 0.250. The normalized spacial score (nSPS) is 13.0. The molecule has 0 fully saturated rings. The highest BCUT2D eigenvalue weighted by atomic mass is 31.1. The predicted octanol–water partition coefficient (Wildman–Crippen LogP) is 1.98. The first kappa shape index (κ1) is 7.71. The van der Waals surface area contributed by atoms with Gasteiger partial charge in [-0.3, -0.25) is 0 Å². The van der Waals surface area contributed by atoms with Crippen LogP contribution in [0, 0.1) is 0 Å². The molecular formula is C8H11OP. The summed E-state index contributed by atoms with van der Waals surface area (Å²) in [7, 11) is 1.38. The van der Waals surface area contributed by atoms with E-state index in [4.69, 9.17) is 4.52 Å². The van der Waals surface area contributed by atoms with Gasteiger partial charge in [-0.25, -0.2) is 0 Å². The molecular weight excluding hydrogens is 143 g/mol. The summed E-state index contributed by atoms with van der Waals surface area (Å²) in [6.45, 7) is 2.10. The maximum atomic E-state index is 5.20. The van der Waals surface area contributed by atoms with Gasteiger partial charge in [0.2, 0.25) is 0 Å². The summed E-state index contributed by atoms with van der Waals surface area (Å²) in [6, 6.07) is 10.3. The van der Waals surface area contributed by atoms with Crippen LogP contribution in [0.25, 0.3) is 0 Å². The largest absolute Gasteiger partial charge is 0.358 e. The smallest absolute Gasteiger partial charge is 0.0567 e. The van der Waals surface area contributed by atoms with E-state index >= 15 is 0 Å². The Balaban J connectivity index is 2.75. The Hall–Kier alpha value is -0.390. The Kier molecular flexibility index (Phi) is 2.85. The first-order valence-corrected chi connectivity index (χ1v) is 4.88. The van der Waals surface area contributed by atoms with E-state index < -0.39 is 0 Å². The van der Waals surface area contributed by atoms with Gasteiger partial charge in [-0.1, -0.05) is 30.3 Å². The highest BCUT2D eigenvalue weighted by Crippen LogP contribution is 2.28. The van der Waals surface area contributed by atoms with Gasteiger partial charge in [0, 0.05) is 12.4 Å². The van der Waals surface area contributed by atoms with Crippen LogP contribution in [0.2, 0.25) is 0 Å². The third-order valence-electron chi connectivity index (χ3n) is 1.39. The van der Waals surface area contributed by atoms with Crippen molar-refractivity contribution in [1.82, 2.24) is 0 Å². The SMILES string of the molecule is COP(C)c1ccccc1. The highest BCUT2D eigenvalue weighted by molar-refractivity contribution is 7.60. The molecule has 0 aliphatic carbocycles. The van der Waals surface area contributed by atoms with Gasteiger partial charge in [0.1, 0.15) is 0 Å². The second-order valence-electron chi connectivity index (χ2n) is 2.02. The first-order valence-electron chi connectivity index (χ1n) is 3.17. The molecule has 1 rings (SSSR count). The van der Waals surface area contributed by atoms with E-state index in [0.717, 1.165) is 0 Å². The quantitative estimate of drug-likeness (QED) is 0.592. The lowest BCUT2D eigenvalue weighted by Gasteiger charge is -2.07. The summed E-state index contributed by atoms with van der Waals surface area (Å²) in [4.78, 5) is 0. The van der Waals surface area contributed by atoms with Gasteiger partial charge >= 0.3 is 0 Å². The van der Waals surface area contributed by atoms with Crippen molar-refractivity contribution in [2.45, 2.75) is 0 Å². The summed E-state index contributed by atoms with van der Waals surface area (Å²) in [5, 5.41) is 1.29. The predicted molar refractivity (Wildman–Crippen MR) is 45.9 cm³/mol. The second-order valence-corrected chi connectivity index (χ2v) is 3.89. The van der Waals surface area contributed by atoms with Gasteiger partial charge in [-0.15, -0.1) is 0 Å². The molecule has 1 unspecified atom stereocenters. The molecule has 0 spiro atoms. The standard InChI is InChI=1S/C8H11OP/c1-9-10(2)8-6-4-3-5-7-8/h3-7H,1-2H3. The van der Waals surface area contributed by atoms with Gasteiger partial charge in [0.15, 0.2) is 0 Å². The Morgan fingerprint density at radius 3 is 2.30 bits per heavy atom. The molecule has 0 heterocycles. The summed E-state index contributed by atoms with van der Waals surface area (Å²) in [6.07, 6.45) is 0. The molecule has 0 aromatic heterocycles. The minimum atomic E-state index is -0.373. The Morgan fingerprint density at radius 2 is 1.80 bits per heavy atom. The van der Waals surface area contributed by atoms with Crippen molar-refractivity contribution in [2.24, 2.45) is 0 Å². The minimum Gasteiger partial charge on any atom is -0.358 e. The molecule has 0 saturated carbocycles. The molecule has 10 heavy (non-hydrogen) atoms. The highest BCUT2D eigenvalue weighted by Gasteiger charge is 1.99. The lowest BCUT2D eigenvalue weighted by Crippen LogP contribution is -1.98. The van der Waals surface area contributed by atoms with Gasteiger partial charge in [0.25, 0.3) is 0 Å². The Morgan fingerprint density at radius 1 is 1.20 bits per heavy atom. The average Bonchev–Trinajstić information content (AvgIpc) is 2.05. The van der Waals surface area contributed by atoms with Crippen LogP contribution in [0.1, 0.15) is 0 Å². The zero-order valence-electron chi connectivity index (χ0n) is 6.24. The molecule has 1 atom stereocenters. The van der Waals surface area contributed by atoms with Crippen molar-refractivity contribution >= 4 is 13.5 Å². The van der Waals surface area contributed by atoms with Crippen LogP contribution >= 0.6 is 8.15 Å². The van der Waals surface area contributed by atoms with Crippen LogP contribution in [-0.2, 0) is 4.52 Å². The Bertz CT molecular complexity index is 186. The van der Waals surface area contributed by atoms with E-state index in [-0.39, 0.29) is 8.15 Å². The molecule has 0 aliphatic rings. The van der Waals surface area contributed by atoms with E-state index in [2.05, 4.69) is 18.8 Å². The van der Waals surface area contributed by atoms with Crippen molar-refractivity contribution in [3.63, 3.8) is 0 Å². The topological polar surface area (TPSA) is 9.23 Å². The molecule has 54 valence electrons. The average molecular weight is 154 g/mol. The van der Waals surface area contributed by atoms with Crippen molar-refractivity contribution in [2.75, 3.05) is 13.8 Å². The zero-order valence-corrected chi connectivity index (χ0v) is 7.14. The summed E-state index contributed by atoms with van der Waals surface area (Å²) < 4.78 is 5.20. The van der Waals surface area contributed by atoms with Crippen LogP contribution in [0.15, 0.2) is 30.3 Å². The zero-order chi connectivity index (χ0) is 7.40. The lowest BCUT2D eigenvalue weighted by atomic mass is 10.4. The van der Waals surface area contributed by atoms with Crippen LogP contribution < -0.4 is 5.30 Å². The van der Waals surface area contributed by atoms with Gasteiger partial charge in [-0.2, -0.15) is 0 Å². The molecule has 2 heteroatoms. The molecule has 0 aliphatic heterocycles. The van der Waals surface area contributed by atoms with Crippen molar-refractivity contribution in [1.29, 1.82) is 0 Å².